The monoisotopic (exact) mass is 394 g/mol. The summed E-state index contributed by atoms with van der Waals surface area (Å²) < 4.78 is 49.1. The molecule has 0 spiro atoms. The lowest BCUT2D eigenvalue weighted by Gasteiger charge is -2.02. The Morgan fingerprint density at radius 3 is 2.54 bits per heavy atom. The molecule has 1 aromatic heterocycles. The molecule has 2 aromatic carbocycles. The first-order valence-corrected chi connectivity index (χ1v) is 9.89. The molecule has 0 N–H and O–H groups in total. The first-order chi connectivity index (χ1) is 12.4. The molecule has 0 saturated carbocycles. The molecule has 0 bridgehead atoms. The van der Waals surface area contributed by atoms with E-state index in [1.54, 1.807) is 22.8 Å². The summed E-state index contributed by atoms with van der Waals surface area (Å²) in [5, 5.41) is 0. The highest BCUT2D eigenvalue weighted by Gasteiger charge is 2.15. The molecule has 136 valence electrons. The first-order valence-electron chi connectivity index (χ1n) is 7.64. The fourth-order valence-corrected chi connectivity index (χ4v) is 4.79. The summed E-state index contributed by atoms with van der Waals surface area (Å²) in [6, 6.07) is 9.48. The minimum Gasteiger partial charge on any atom is -0.465 e. The van der Waals surface area contributed by atoms with Gasteiger partial charge in [-0.05, 0) is 49.4 Å². The number of methoxy groups -OCH3 is 1. The molecule has 0 fully saturated rings. The Morgan fingerprint density at radius 2 is 1.92 bits per heavy atom. The largest absolute Gasteiger partial charge is 0.465 e. The van der Waals surface area contributed by atoms with Gasteiger partial charge in [-0.25, -0.2) is 9.18 Å². The van der Waals surface area contributed by atoms with Gasteiger partial charge in [-0.15, -0.1) is 4.40 Å². The van der Waals surface area contributed by atoms with Crippen molar-refractivity contribution >= 4 is 37.5 Å². The third kappa shape index (κ3) is 3.40. The van der Waals surface area contributed by atoms with Crippen LogP contribution in [-0.4, -0.2) is 26.1 Å². The van der Waals surface area contributed by atoms with Crippen LogP contribution in [0.4, 0.5) is 4.39 Å². The molecule has 0 aliphatic heterocycles. The average molecular weight is 394 g/mol. The summed E-state index contributed by atoms with van der Waals surface area (Å²) >= 11 is 1.15. The van der Waals surface area contributed by atoms with Gasteiger partial charge in [-0.3, -0.25) is 0 Å². The van der Waals surface area contributed by atoms with Crippen molar-refractivity contribution in [3.63, 3.8) is 0 Å². The summed E-state index contributed by atoms with van der Waals surface area (Å²) in [4.78, 5) is 11.9. The Hall–Kier alpha value is -2.52. The summed E-state index contributed by atoms with van der Waals surface area (Å²) in [6.45, 7) is 2.36. The minimum absolute atomic E-state index is 0.0886. The third-order valence-electron chi connectivity index (χ3n) is 3.73. The molecule has 26 heavy (non-hydrogen) atoms. The van der Waals surface area contributed by atoms with Crippen molar-refractivity contribution in [3.8, 4) is 0 Å². The van der Waals surface area contributed by atoms with E-state index < -0.39 is 21.8 Å². The highest BCUT2D eigenvalue weighted by atomic mass is 32.2. The van der Waals surface area contributed by atoms with Gasteiger partial charge in [0.25, 0.3) is 10.0 Å². The molecule has 0 aliphatic rings. The van der Waals surface area contributed by atoms with Crippen molar-refractivity contribution in [1.29, 1.82) is 0 Å². The molecule has 0 saturated heterocycles. The Kier molecular flexibility index (Phi) is 4.92. The lowest BCUT2D eigenvalue weighted by molar-refractivity contribution is 0.0601. The van der Waals surface area contributed by atoms with Crippen molar-refractivity contribution in [2.75, 3.05) is 7.11 Å². The molecular formula is C17H15FN2O4S2. The number of rotatable bonds is 4. The topological polar surface area (TPSA) is 77.7 Å². The smallest absolute Gasteiger partial charge is 0.337 e. The lowest BCUT2D eigenvalue weighted by Crippen LogP contribution is -2.16. The highest BCUT2D eigenvalue weighted by Crippen LogP contribution is 2.21. The second-order valence-corrected chi connectivity index (χ2v) is 7.94. The van der Waals surface area contributed by atoms with Crippen LogP contribution >= 0.6 is 11.3 Å². The Morgan fingerprint density at radius 1 is 1.23 bits per heavy atom. The van der Waals surface area contributed by atoms with E-state index in [1.165, 1.54) is 19.2 Å². The molecule has 1 heterocycles. The van der Waals surface area contributed by atoms with Crippen LogP contribution in [0.1, 0.15) is 17.3 Å². The van der Waals surface area contributed by atoms with Gasteiger partial charge in [0.15, 0.2) is 0 Å². The molecule has 0 atom stereocenters. The van der Waals surface area contributed by atoms with Crippen LogP contribution in [0, 0.1) is 5.82 Å². The number of carbonyl (C=O) groups excluding carboxylic acids is 1. The second-order valence-electron chi connectivity index (χ2n) is 5.32. The predicted octanol–water partition coefficient (Wildman–Crippen LogP) is 2.94. The van der Waals surface area contributed by atoms with Crippen LogP contribution in [-0.2, 0) is 21.3 Å². The van der Waals surface area contributed by atoms with E-state index in [2.05, 4.69) is 4.40 Å². The number of hydrogen-bond donors (Lipinski definition) is 0. The van der Waals surface area contributed by atoms with E-state index in [0.717, 1.165) is 29.0 Å². The fraction of sp³-hybridized carbons (Fsp3) is 0.176. The zero-order valence-corrected chi connectivity index (χ0v) is 15.6. The number of thiazole rings is 1. The van der Waals surface area contributed by atoms with Gasteiger partial charge < -0.3 is 9.30 Å². The van der Waals surface area contributed by atoms with Crippen molar-refractivity contribution < 1.29 is 22.3 Å². The van der Waals surface area contributed by atoms with Gasteiger partial charge in [0.2, 0.25) is 4.80 Å². The summed E-state index contributed by atoms with van der Waals surface area (Å²) in [6.07, 6.45) is 0. The van der Waals surface area contributed by atoms with Crippen molar-refractivity contribution in [2.45, 2.75) is 18.4 Å². The van der Waals surface area contributed by atoms with Crippen LogP contribution in [0.5, 0.6) is 0 Å². The highest BCUT2D eigenvalue weighted by molar-refractivity contribution is 7.90. The molecule has 9 heteroatoms. The van der Waals surface area contributed by atoms with Gasteiger partial charge in [0.05, 0.1) is 27.8 Å². The number of nitrogens with zero attached hydrogens (tertiary/aromatic N) is 2. The minimum atomic E-state index is -3.99. The third-order valence-corrected chi connectivity index (χ3v) is 6.17. The number of benzene rings is 2. The van der Waals surface area contributed by atoms with E-state index in [9.17, 15) is 17.6 Å². The number of esters is 1. The second kappa shape index (κ2) is 7.00. The number of aromatic nitrogens is 1. The Labute approximate surface area is 153 Å². The zero-order chi connectivity index (χ0) is 18.9. The molecule has 3 aromatic rings. The van der Waals surface area contributed by atoms with Crippen LogP contribution in [0.3, 0.4) is 0 Å². The fourth-order valence-electron chi connectivity index (χ4n) is 2.46. The quantitative estimate of drug-likeness (QED) is 0.638. The van der Waals surface area contributed by atoms with Crippen LogP contribution in [0.15, 0.2) is 51.8 Å². The molecular weight excluding hydrogens is 379 g/mol. The van der Waals surface area contributed by atoms with Gasteiger partial charge in [-0.2, -0.15) is 8.42 Å². The van der Waals surface area contributed by atoms with Crippen molar-refractivity contribution in [3.05, 3.63) is 58.6 Å². The number of sulfonamides is 1. The average Bonchev–Trinajstić information content (AvgIpc) is 2.96. The van der Waals surface area contributed by atoms with E-state index in [0.29, 0.717) is 16.8 Å². The molecule has 0 amide bonds. The Bertz CT molecular complexity index is 1150. The zero-order valence-electron chi connectivity index (χ0n) is 14.0. The summed E-state index contributed by atoms with van der Waals surface area (Å²) in [5.41, 5.74) is 1.13. The first kappa shape index (κ1) is 18.3. The normalized spacial score (nSPS) is 12.5. The van der Waals surface area contributed by atoms with Crippen LogP contribution in [0.2, 0.25) is 0 Å². The predicted molar refractivity (Wildman–Crippen MR) is 96.0 cm³/mol. The van der Waals surface area contributed by atoms with E-state index in [-0.39, 0.29) is 9.70 Å². The SMILES string of the molecule is CCn1c(=NS(=O)(=O)c2ccc(F)cc2)sc2cc(C(=O)OC)ccc21. The molecule has 6 nitrogen and oxygen atoms in total. The summed E-state index contributed by atoms with van der Waals surface area (Å²) in [7, 11) is -2.69. The standard InChI is InChI=1S/C17H15FN2O4S2/c1-3-20-14-9-4-11(16(21)24-2)10-15(14)25-17(20)19-26(22,23)13-7-5-12(18)6-8-13/h4-10H,3H2,1-2H3. The molecule has 0 unspecified atom stereocenters. The molecule has 0 radical (unpaired) electrons. The van der Waals surface area contributed by atoms with E-state index in [1.807, 2.05) is 6.92 Å². The summed E-state index contributed by atoms with van der Waals surface area (Å²) in [5.74, 6) is -0.995. The van der Waals surface area contributed by atoms with Crippen molar-refractivity contribution in [1.82, 2.24) is 4.57 Å². The number of hydrogen-bond acceptors (Lipinski definition) is 5. The van der Waals surface area contributed by atoms with Crippen LogP contribution in [0.25, 0.3) is 10.2 Å². The maximum Gasteiger partial charge on any atom is 0.337 e. The van der Waals surface area contributed by atoms with Gasteiger partial charge >= 0.3 is 5.97 Å². The number of aryl methyl sites for hydroxylation is 1. The van der Waals surface area contributed by atoms with E-state index in [4.69, 9.17) is 4.74 Å². The van der Waals surface area contributed by atoms with E-state index >= 15 is 0 Å². The molecule has 0 aliphatic carbocycles. The van der Waals surface area contributed by atoms with Crippen molar-refractivity contribution in [2.24, 2.45) is 4.40 Å². The molecule has 3 rings (SSSR count). The number of carbonyl (C=O) groups is 1. The lowest BCUT2D eigenvalue weighted by atomic mass is 10.2. The maximum atomic E-state index is 13.0. The number of halogens is 1. The van der Waals surface area contributed by atoms with Gasteiger partial charge in [0.1, 0.15) is 5.82 Å². The van der Waals surface area contributed by atoms with Gasteiger partial charge in [-0.1, -0.05) is 11.3 Å². The van der Waals surface area contributed by atoms with Crippen LogP contribution < -0.4 is 4.80 Å². The van der Waals surface area contributed by atoms with Gasteiger partial charge in [0, 0.05) is 6.54 Å². The Balaban J connectivity index is 2.18. The number of fused-ring (bicyclic) bond motifs is 1. The maximum absolute atomic E-state index is 13.0. The number of ether oxygens (including phenoxy) is 1.